The van der Waals surface area contributed by atoms with Crippen LogP contribution in [0, 0.1) is 11.3 Å². The van der Waals surface area contributed by atoms with Crippen LogP contribution < -0.4 is 5.32 Å². The second-order valence-electron chi connectivity index (χ2n) is 9.65. The minimum absolute atomic E-state index is 0.000382. The molecule has 1 heterocycles. The second-order valence-corrected chi connectivity index (χ2v) is 10.1. The molecule has 0 saturated heterocycles. The van der Waals surface area contributed by atoms with E-state index in [0.717, 1.165) is 17.8 Å². The topological polar surface area (TPSA) is 46.9 Å². The summed E-state index contributed by atoms with van der Waals surface area (Å²) in [4.78, 5) is 12.7. The number of para-hydroxylation sites is 1. The van der Waals surface area contributed by atoms with Gasteiger partial charge in [-0.3, -0.25) is 4.79 Å². The summed E-state index contributed by atoms with van der Waals surface area (Å²) in [5.74, 6) is 0.963. The molecule has 0 fully saturated rings. The van der Waals surface area contributed by atoms with Crippen molar-refractivity contribution >= 4 is 23.3 Å². The molecule has 0 spiro atoms. The molecule has 0 radical (unpaired) electrons. The van der Waals surface area contributed by atoms with Gasteiger partial charge in [-0.25, -0.2) is 4.68 Å². The summed E-state index contributed by atoms with van der Waals surface area (Å²) in [5, 5.41) is 8.37. The molecular formula is C22H32ClN3O. The van der Waals surface area contributed by atoms with E-state index in [1.165, 1.54) is 0 Å². The zero-order valence-electron chi connectivity index (χ0n) is 17.6. The average molecular weight is 390 g/mol. The number of nitrogens with one attached hydrogen (secondary N) is 1. The van der Waals surface area contributed by atoms with Gasteiger partial charge in [0, 0.05) is 17.9 Å². The molecule has 5 heteroatoms. The van der Waals surface area contributed by atoms with Gasteiger partial charge in [0.15, 0.2) is 0 Å². The third-order valence-electron chi connectivity index (χ3n) is 4.32. The van der Waals surface area contributed by atoms with Gasteiger partial charge in [-0.15, -0.1) is 0 Å². The van der Waals surface area contributed by atoms with Crippen LogP contribution in [0.15, 0.2) is 30.3 Å². The number of hydrogen-bond acceptors (Lipinski definition) is 2. The van der Waals surface area contributed by atoms with Gasteiger partial charge in [0.05, 0.1) is 16.4 Å². The summed E-state index contributed by atoms with van der Waals surface area (Å²) in [7, 11) is 0. The predicted octanol–water partition coefficient (Wildman–Crippen LogP) is 6.22. The standard InChI is InChI=1S/C22H32ClN3O/c1-15(14-21(2,3)4)12-20(27)24-19-13-18(22(5,6)7)25-26(19)17-11-9-8-10-16(17)23/h8-11,13,15H,12,14H2,1-7H3,(H,24,27)/t15-/m0/s1. The van der Waals surface area contributed by atoms with Crippen molar-refractivity contribution < 1.29 is 4.79 Å². The van der Waals surface area contributed by atoms with Crippen LogP contribution in [0.5, 0.6) is 0 Å². The first kappa shape index (κ1) is 21.5. The lowest BCUT2D eigenvalue weighted by Crippen LogP contribution is -2.20. The van der Waals surface area contributed by atoms with Crippen LogP contribution in [0.25, 0.3) is 5.69 Å². The van der Waals surface area contributed by atoms with Gasteiger partial charge in [-0.2, -0.15) is 5.10 Å². The highest BCUT2D eigenvalue weighted by Crippen LogP contribution is 2.30. The molecule has 0 saturated carbocycles. The Balaban J connectivity index is 2.29. The number of carbonyl (C=O) groups excluding carboxylic acids is 1. The normalized spacial score (nSPS) is 13.5. The molecule has 0 aliphatic heterocycles. The van der Waals surface area contributed by atoms with Crippen molar-refractivity contribution in [1.29, 1.82) is 0 Å². The minimum atomic E-state index is -0.133. The van der Waals surface area contributed by atoms with E-state index in [9.17, 15) is 4.79 Å². The monoisotopic (exact) mass is 389 g/mol. The van der Waals surface area contributed by atoms with E-state index >= 15 is 0 Å². The number of carbonyl (C=O) groups is 1. The fourth-order valence-electron chi connectivity index (χ4n) is 3.27. The lowest BCUT2D eigenvalue weighted by atomic mass is 9.84. The van der Waals surface area contributed by atoms with Crippen LogP contribution in [0.1, 0.15) is 67.0 Å². The Morgan fingerprint density at radius 1 is 1.19 bits per heavy atom. The molecule has 0 aliphatic rings. The van der Waals surface area contributed by atoms with Crippen molar-refractivity contribution in [2.75, 3.05) is 5.32 Å². The van der Waals surface area contributed by atoms with E-state index in [-0.39, 0.29) is 16.7 Å². The maximum Gasteiger partial charge on any atom is 0.225 e. The lowest BCUT2D eigenvalue weighted by molar-refractivity contribution is -0.117. The molecule has 1 aromatic carbocycles. The number of aromatic nitrogens is 2. The highest BCUT2D eigenvalue weighted by Gasteiger charge is 2.23. The molecule has 1 amide bonds. The first-order valence-electron chi connectivity index (χ1n) is 9.52. The van der Waals surface area contributed by atoms with Crippen molar-refractivity contribution in [3.05, 3.63) is 41.0 Å². The van der Waals surface area contributed by atoms with E-state index in [1.54, 1.807) is 4.68 Å². The smallest absolute Gasteiger partial charge is 0.225 e. The number of benzene rings is 1. The van der Waals surface area contributed by atoms with E-state index in [1.807, 2.05) is 30.3 Å². The fourth-order valence-corrected chi connectivity index (χ4v) is 3.49. The van der Waals surface area contributed by atoms with Gasteiger partial charge >= 0.3 is 0 Å². The molecule has 2 aromatic rings. The number of hydrogen-bond donors (Lipinski definition) is 1. The van der Waals surface area contributed by atoms with E-state index < -0.39 is 0 Å². The summed E-state index contributed by atoms with van der Waals surface area (Å²) in [5.41, 5.74) is 1.73. The molecule has 1 aromatic heterocycles. The van der Waals surface area contributed by atoms with Crippen LogP contribution in [0.2, 0.25) is 5.02 Å². The van der Waals surface area contributed by atoms with Crippen molar-refractivity contribution in [1.82, 2.24) is 9.78 Å². The van der Waals surface area contributed by atoms with Gasteiger partial charge < -0.3 is 5.32 Å². The maximum absolute atomic E-state index is 12.7. The third-order valence-corrected chi connectivity index (χ3v) is 4.64. The highest BCUT2D eigenvalue weighted by atomic mass is 35.5. The average Bonchev–Trinajstić information content (AvgIpc) is 2.89. The Kier molecular flexibility index (Phi) is 6.41. The van der Waals surface area contributed by atoms with Crippen molar-refractivity contribution in [2.24, 2.45) is 11.3 Å². The highest BCUT2D eigenvalue weighted by molar-refractivity contribution is 6.32. The predicted molar refractivity (Wildman–Crippen MR) is 114 cm³/mol. The number of anilines is 1. The Morgan fingerprint density at radius 2 is 1.81 bits per heavy atom. The molecule has 0 unspecified atom stereocenters. The quantitative estimate of drug-likeness (QED) is 0.659. The Labute approximate surface area is 168 Å². The van der Waals surface area contributed by atoms with Gasteiger partial charge in [0.2, 0.25) is 5.91 Å². The summed E-state index contributed by atoms with van der Waals surface area (Å²) >= 11 is 6.37. The van der Waals surface area contributed by atoms with E-state index in [0.29, 0.717) is 23.2 Å². The molecule has 1 atom stereocenters. The van der Waals surface area contributed by atoms with Gasteiger partial charge in [0.25, 0.3) is 0 Å². The zero-order valence-corrected chi connectivity index (χ0v) is 18.3. The molecular weight excluding hydrogens is 358 g/mol. The summed E-state index contributed by atoms with van der Waals surface area (Å²) < 4.78 is 1.73. The second kappa shape index (κ2) is 8.05. The third kappa shape index (κ3) is 6.10. The molecule has 4 nitrogen and oxygen atoms in total. The van der Waals surface area contributed by atoms with Crippen LogP contribution in [0.3, 0.4) is 0 Å². The molecule has 148 valence electrons. The van der Waals surface area contributed by atoms with Crippen molar-refractivity contribution in [2.45, 2.75) is 66.7 Å². The number of halogens is 1. The Bertz CT molecular complexity index is 797. The summed E-state index contributed by atoms with van der Waals surface area (Å²) in [6, 6.07) is 9.46. The van der Waals surface area contributed by atoms with Crippen LogP contribution in [-0.4, -0.2) is 15.7 Å². The van der Waals surface area contributed by atoms with Crippen molar-refractivity contribution in [3.63, 3.8) is 0 Å². The number of amides is 1. The Hall–Kier alpha value is -1.81. The van der Waals surface area contributed by atoms with Gasteiger partial charge in [-0.1, -0.05) is 72.2 Å². The first-order chi connectivity index (χ1) is 12.4. The number of rotatable bonds is 5. The molecule has 27 heavy (non-hydrogen) atoms. The number of nitrogens with zero attached hydrogens (tertiary/aromatic N) is 2. The zero-order chi connectivity index (χ0) is 20.4. The van der Waals surface area contributed by atoms with E-state index in [2.05, 4.69) is 53.8 Å². The largest absolute Gasteiger partial charge is 0.311 e. The first-order valence-corrected chi connectivity index (χ1v) is 9.90. The van der Waals surface area contributed by atoms with Gasteiger partial charge in [0.1, 0.15) is 5.82 Å². The van der Waals surface area contributed by atoms with Crippen LogP contribution >= 0.6 is 11.6 Å². The summed E-state index contributed by atoms with van der Waals surface area (Å²) in [6.45, 7) is 15.0. The molecule has 2 rings (SSSR count). The molecule has 1 N–H and O–H groups in total. The Morgan fingerprint density at radius 3 is 2.37 bits per heavy atom. The lowest BCUT2D eigenvalue weighted by Gasteiger charge is -2.22. The van der Waals surface area contributed by atoms with Gasteiger partial charge in [-0.05, 0) is 29.9 Å². The van der Waals surface area contributed by atoms with Crippen molar-refractivity contribution in [3.8, 4) is 5.69 Å². The maximum atomic E-state index is 12.7. The van der Waals surface area contributed by atoms with Crippen LogP contribution in [0.4, 0.5) is 5.82 Å². The fraction of sp³-hybridized carbons (Fsp3) is 0.545. The van der Waals surface area contributed by atoms with Crippen LogP contribution in [-0.2, 0) is 10.2 Å². The molecule has 0 aliphatic carbocycles. The summed E-state index contributed by atoms with van der Waals surface area (Å²) in [6.07, 6.45) is 1.48. The molecule has 0 bridgehead atoms. The SMILES string of the molecule is C[C@@H](CC(=O)Nc1cc(C(C)(C)C)nn1-c1ccccc1Cl)CC(C)(C)C. The minimum Gasteiger partial charge on any atom is -0.311 e. The van der Waals surface area contributed by atoms with E-state index in [4.69, 9.17) is 16.7 Å².